The monoisotopic (exact) mass is 222 g/mol. The van der Waals surface area contributed by atoms with Crippen molar-refractivity contribution in [2.75, 3.05) is 0 Å². The number of hydrogen-bond acceptors (Lipinski definition) is 0. The summed E-state index contributed by atoms with van der Waals surface area (Å²) in [4.78, 5) is 0. The molecule has 1 aromatic rings. The van der Waals surface area contributed by atoms with E-state index in [9.17, 15) is 0 Å². The summed E-state index contributed by atoms with van der Waals surface area (Å²) in [6, 6.07) is 8.58. The second-order valence-corrected chi connectivity index (χ2v) is 3.92. The van der Waals surface area contributed by atoms with Crippen molar-refractivity contribution in [1.82, 2.24) is 0 Å². The van der Waals surface area contributed by atoms with Crippen LogP contribution in [0.1, 0.15) is 31.4 Å². The minimum atomic E-state index is 1.04. The molecule has 0 saturated heterocycles. The maximum atomic E-state index is 2.22. The second kappa shape index (κ2) is 5.49. The highest BCUT2D eigenvalue weighted by Gasteiger charge is 2.10. The standard InChI is InChI=1S/C15H12.C2H6/c1-2-7-14-11-12(5-1)9-10-13-6-3-4-8-15(13)14;1-2/h1-10H,11H2;1-2H3. The molecule has 0 saturated carbocycles. The summed E-state index contributed by atoms with van der Waals surface area (Å²) in [6.45, 7) is 4.00. The molecule has 0 nitrogen and oxygen atoms in total. The topological polar surface area (TPSA) is 0 Å². The van der Waals surface area contributed by atoms with Crippen LogP contribution in [0.25, 0.3) is 11.6 Å². The van der Waals surface area contributed by atoms with Gasteiger partial charge in [0.25, 0.3) is 0 Å². The fraction of sp³-hybridized carbons (Fsp3) is 0.176. The first-order valence-corrected chi connectivity index (χ1v) is 6.27. The summed E-state index contributed by atoms with van der Waals surface area (Å²) in [5, 5.41) is 0. The van der Waals surface area contributed by atoms with Crippen LogP contribution in [0, 0.1) is 0 Å². The van der Waals surface area contributed by atoms with Gasteiger partial charge in [-0.05, 0) is 28.7 Å². The van der Waals surface area contributed by atoms with Gasteiger partial charge in [0.15, 0.2) is 0 Å². The maximum absolute atomic E-state index is 2.22. The molecule has 17 heavy (non-hydrogen) atoms. The van der Waals surface area contributed by atoms with E-state index in [2.05, 4.69) is 60.7 Å². The zero-order valence-electron chi connectivity index (χ0n) is 10.5. The summed E-state index contributed by atoms with van der Waals surface area (Å²) in [5.74, 6) is 0. The Morgan fingerprint density at radius 3 is 2.53 bits per heavy atom. The third-order valence-corrected chi connectivity index (χ3v) is 2.90. The molecule has 0 atom stereocenters. The molecule has 1 aromatic carbocycles. The lowest BCUT2D eigenvalue weighted by molar-refractivity contribution is 1.32. The molecule has 0 unspecified atom stereocenters. The van der Waals surface area contributed by atoms with E-state index < -0.39 is 0 Å². The van der Waals surface area contributed by atoms with Gasteiger partial charge >= 0.3 is 0 Å². The average Bonchev–Trinajstić information content (AvgIpc) is 2.74. The van der Waals surface area contributed by atoms with Crippen LogP contribution in [0.5, 0.6) is 0 Å². The molecule has 86 valence electrons. The van der Waals surface area contributed by atoms with Gasteiger partial charge in [0, 0.05) is 0 Å². The zero-order valence-corrected chi connectivity index (χ0v) is 10.5. The van der Waals surface area contributed by atoms with E-state index in [1.54, 1.807) is 0 Å². The van der Waals surface area contributed by atoms with E-state index in [-0.39, 0.29) is 0 Å². The van der Waals surface area contributed by atoms with E-state index in [1.807, 2.05) is 13.8 Å². The maximum Gasteiger partial charge on any atom is -0.00196 e. The average molecular weight is 222 g/mol. The summed E-state index contributed by atoms with van der Waals surface area (Å²) >= 11 is 0. The molecule has 2 aliphatic rings. The van der Waals surface area contributed by atoms with Crippen LogP contribution in [-0.4, -0.2) is 0 Å². The molecule has 0 heteroatoms. The SMILES string of the molecule is C1=CC=C2CC(=C1)C=Cc1ccccc12.CC. The van der Waals surface area contributed by atoms with Gasteiger partial charge in [-0.25, -0.2) is 0 Å². The summed E-state index contributed by atoms with van der Waals surface area (Å²) in [7, 11) is 0. The number of allylic oxidation sites excluding steroid dienone is 7. The molecule has 0 radical (unpaired) electrons. The van der Waals surface area contributed by atoms with Crippen molar-refractivity contribution in [3.63, 3.8) is 0 Å². The number of hydrogen-bond donors (Lipinski definition) is 0. The lowest BCUT2D eigenvalue weighted by Gasteiger charge is -2.06. The molecule has 0 fully saturated rings. The van der Waals surface area contributed by atoms with Gasteiger partial charge in [0.1, 0.15) is 0 Å². The second-order valence-electron chi connectivity index (χ2n) is 3.92. The smallest absolute Gasteiger partial charge is 0.00196 e. The van der Waals surface area contributed by atoms with Gasteiger partial charge in [0.2, 0.25) is 0 Å². The van der Waals surface area contributed by atoms with Crippen molar-refractivity contribution in [2.24, 2.45) is 0 Å². The van der Waals surface area contributed by atoms with Crippen molar-refractivity contribution in [1.29, 1.82) is 0 Å². The normalized spacial score (nSPS) is 15.6. The largest absolute Gasteiger partial charge is 0.0683 e. The fourth-order valence-electron chi connectivity index (χ4n) is 2.12. The Balaban J connectivity index is 0.000000514. The van der Waals surface area contributed by atoms with Crippen molar-refractivity contribution in [3.8, 4) is 0 Å². The zero-order chi connectivity index (χ0) is 12.1. The van der Waals surface area contributed by atoms with Crippen molar-refractivity contribution in [3.05, 3.63) is 71.3 Å². The van der Waals surface area contributed by atoms with Gasteiger partial charge in [-0.2, -0.15) is 0 Å². The minimum Gasteiger partial charge on any atom is -0.0683 e. The Kier molecular flexibility index (Phi) is 3.77. The molecule has 0 aliphatic heterocycles. The predicted octanol–water partition coefficient (Wildman–Crippen LogP) is 5.01. The first kappa shape index (κ1) is 11.7. The first-order valence-electron chi connectivity index (χ1n) is 6.27. The lowest BCUT2D eigenvalue weighted by atomic mass is 9.98. The minimum absolute atomic E-state index is 1.04. The third kappa shape index (κ3) is 2.47. The summed E-state index contributed by atoms with van der Waals surface area (Å²) < 4.78 is 0. The van der Waals surface area contributed by atoms with E-state index in [0.717, 1.165) is 6.42 Å². The van der Waals surface area contributed by atoms with E-state index >= 15 is 0 Å². The Labute approximate surface area is 104 Å². The molecule has 0 aromatic heterocycles. The molecule has 3 rings (SSSR count). The van der Waals surface area contributed by atoms with E-state index in [1.165, 1.54) is 22.3 Å². The first-order chi connectivity index (χ1) is 8.43. The summed E-state index contributed by atoms with van der Waals surface area (Å²) in [6.07, 6.45) is 14.1. The highest BCUT2D eigenvalue weighted by molar-refractivity contribution is 5.80. The Morgan fingerprint density at radius 2 is 1.65 bits per heavy atom. The van der Waals surface area contributed by atoms with E-state index in [0.29, 0.717) is 0 Å². The lowest BCUT2D eigenvalue weighted by Crippen LogP contribution is -1.86. The molecular formula is C17H18. The van der Waals surface area contributed by atoms with Gasteiger partial charge in [0.05, 0.1) is 0 Å². The molecule has 0 amide bonds. The quantitative estimate of drug-likeness (QED) is 0.579. The summed E-state index contributed by atoms with van der Waals surface area (Å²) in [5.41, 5.74) is 5.48. The van der Waals surface area contributed by atoms with Crippen molar-refractivity contribution >= 4 is 11.6 Å². The van der Waals surface area contributed by atoms with Crippen molar-refractivity contribution < 1.29 is 0 Å². The molecule has 0 N–H and O–H groups in total. The third-order valence-electron chi connectivity index (χ3n) is 2.90. The van der Waals surface area contributed by atoms with Crippen LogP contribution in [0.3, 0.4) is 0 Å². The van der Waals surface area contributed by atoms with E-state index in [4.69, 9.17) is 0 Å². The van der Waals surface area contributed by atoms with Gasteiger partial charge < -0.3 is 0 Å². The van der Waals surface area contributed by atoms with Crippen LogP contribution in [0.4, 0.5) is 0 Å². The van der Waals surface area contributed by atoms with Crippen LogP contribution < -0.4 is 0 Å². The number of rotatable bonds is 0. The van der Waals surface area contributed by atoms with Crippen LogP contribution >= 0.6 is 0 Å². The molecular weight excluding hydrogens is 204 g/mol. The highest BCUT2D eigenvalue weighted by atomic mass is 14.1. The van der Waals surface area contributed by atoms with Gasteiger partial charge in [-0.1, -0.05) is 74.6 Å². The van der Waals surface area contributed by atoms with Gasteiger partial charge in [-0.3, -0.25) is 0 Å². The predicted molar refractivity (Wildman–Crippen MR) is 76.6 cm³/mol. The fourth-order valence-corrected chi connectivity index (χ4v) is 2.12. The molecule has 0 spiro atoms. The molecule has 0 heterocycles. The number of benzene rings is 1. The Bertz CT molecular complexity index is 511. The highest BCUT2D eigenvalue weighted by Crippen LogP contribution is 2.31. The van der Waals surface area contributed by atoms with Gasteiger partial charge in [-0.15, -0.1) is 0 Å². The Hall–Kier alpha value is -1.82. The number of fused-ring (bicyclic) bond motifs is 4. The van der Waals surface area contributed by atoms with Crippen molar-refractivity contribution in [2.45, 2.75) is 20.3 Å². The Morgan fingerprint density at radius 1 is 0.882 bits per heavy atom. The van der Waals surface area contributed by atoms with Crippen LogP contribution in [0.15, 0.2) is 60.2 Å². The molecule has 2 aliphatic carbocycles. The molecule has 2 bridgehead atoms. The van der Waals surface area contributed by atoms with Crippen LogP contribution in [0.2, 0.25) is 0 Å². The van der Waals surface area contributed by atoms with Crippen LogP contribution in [-0.2, 0) is 0 Å².